The number of nitrogens with zero attached hydrogens (tertiary/aromatic N) is 3. The third-order valence-corrected chi connectivity index (χ3v) is 3.15. The molecule has 0 unspecified atom stereocenters. The first-order valence-electron chi connectivity index (χ1n) is 5.77. The lowest BCUT2D eigenvalue weighted by atomic mass is 10.1. The number of pyridine rings is 1. The largest absolute Gasteiger partial charge is 0.300 e. The fourth-order valence-corrected chi connectivity index (χ4v) is 2.24. The summed E-state index contributed by atoms with van der Waals surface area (Å²) in [6.07, 6.45) is 5.75. The van der Waals surface area contributed by atoms with Crippen molar-refractivity contribution in [2.45, 2.75) is 0 Å². The zero-order chi connectivity index (χ0) is 11.9. The van der Waals surface area contributed by atoms with Crippen LogP contribution >= 0.6 is 0 Å². The molecule has 0 fully saturated rings. The van der Waals surface area contributed by atoms with Gasteiger partial charge in [-0.25, -0.2) is 4.98 Å². The molecule has 18 heavy (non-hydrogen) atoms. The smallest absolute Gasteiger partial charge is 0.137 e. The van der Waals surface area contributed by atoms with E-state index in [1.165, 1.54) is 0 Å². The molecule has 0 spiro atoms. The number of imidazole rings is 1. The molecule has 4 nitrogen and oxygen atoms in total. The van der Waals surface area contributed by atoms with E-state index < -0.39 is 0 Å². The fourth-order valence-electron chi connectivity index (χ4n) is 2.24. The fraction of sp³-hybridized carbons (Fsp3) is 0. The Kier molecular flexibility index (Phi) is 1.80. The van der Waals surface area contributed by atoms with E-state index in [2.05, 4.69) is 37.8 Å². The van der Waals surface area contributed by atoms with Crippen LogP contribution in [0.1, 0.15) is 0 Å². The van der Waals surface area contributed by atoms with Gasteiger partial charge in [0.15, 0.2) is 0 Å². The second-order valence-electron chi connectivity index (χ2n) is 4.24. The van der Waals surface area contributed by atoms with Crippen LogP contribution in [0.15, 0.2) is 55.0 Å². The average Bonchev–Trinajstić information content (AvgIpc) is 3.04. The molecular weight excluding hydrogens is 224 g/mol. The normalized spacial score (nSPS) is 11.3. The zero-order valence-corrected chi connectivity index (χ0v) is 9.54. The van der Waals surface area contributed by atoms with E-state index in [1.807, 2.05) is 36.8 Å². The predicted molar refractivity (Wildman–Crippen MR) is 70.3 cm³/mol. The van der Waals surface area contributed by atoms with Crippen LogP contribution in [0.2, 0.25) is 0 Å². The molecule has 4 heteroatoms. The summed E-state index contributed by atoms with van der Waals surface area (Å²) in [6.45, 7) is 0. The standard InChI is InChI=1S/C14H10N4/c1-2-6-18-13(9-15-14(18)3-1)10-4-5-11-8-16-17-12(11)7-10/h1-9H,(H,16,17). The number of aromatic amines is 1. The van der Waals surface area contributed by atoms with Crippen LogP contribution in [0, 0.1) is 0 Å². The van der Waals surface area contributed by atoms with E-state index in [4.69, 9.17) is 0 Å². The molecular formula is C14H10N4. The van der Waals surface area contributed by atoms with Gasteiger partial charge in [0.05, 0.1) is 23.6 Å². The molecule has 0 saturated heterocycles. The van der Waals surface area contributed by atoms with E-state index in [1.54, 1.807) is 0 Å². The minimum atomic E-state index is 0.956. The molecule has 0 amide bonds. The third-order valence-electron chi connectivity index (χ3n) is 3.15. The van der Waals surface area contributed by atoms with Crippen LogP contribution < -0.4 is 0 Å². The Hall–Kier alpha value is -2.62. The van der Waals surface area contributed by atoms with Gasteiger partial charge in [-0.15, -0.1) is 0 Å². The maximum absolute atomic E-state index is 4.40. The quantitative estimate of drug-likeness (QED) is 0.550. The van der Waals surface area contributed by atoms with Crippen molar-refractivity contribution < 1.29 is 0 Å². The summed E-state index contributed by atoms with van der Waals surface area (Å²) in [5.41, 5.74) is 4.21. The first kappa shape index (κ1) is 9.41. The molecule has 4 aromatic rings. The minimum Gasteiger partial charge on any atom is -0.300 e. The van der Waals surface area contributed by atoms with Crippen LogP contribution in [0.4, 0.5) is 0 Å². The molecule has 86 valence electrons. The van der Waals surface area contributed by atoms with E-state index in [0.29, 0.717) is 0 Å². The monoisotopic (exact) mass is 234 g/mol. The molecule has 4 rings (SSSR count). The summed E-state index contributed by atoms with van der Waals surface area (Å²) >= 11 is 0. The second-order valence-corrected chi connectivity index (χ2v) is 4.24. The van der Waals surface area contributed by atoms with E-state index in [-0.39, 0.29) is 0 Å². The van der Waals surface area contributed by atoms with Crippen LogP contribution in [0.25, 0.3) is 27.8 Å². The molecule has 0 saturated carbocycles. The number of hydrogen-bond donors (Lipinski definition) is 1. The molecule has 0 aliphatic carbocycles. The van der Waals surface area contributed by atoms with Gasteiger partial charge >= 0.3 is 0 Å². The lowest BCUT2D eigenvalue weighted by Gasteiger charge is -2.01. The molecule has 1 N–H and O–H groups in total. The zero-order valence-electron chi connectivity index (χ0n) is 9.54. The highest BCUT2D eigenvalue weighted by atomic mass is 15.1. The number of aromatic nitrogens is 4. The van der Waals surface area contributed by atoms with Crippen molar-refractivity contribution in [1.29, 1.82) is 0 Å². The van der Waals surface area contributed by atoms with Crippen molar-refractivity contribution in [3.8, 4) is 11.3 Å². The van der Waals surface area contributed by atoms with Crippen molar-refractivity contribution in [2.75, 3.05) is 0 Å². The molecule has 0 aliphatic heterocycles. The summed E-state index contributed by atoms with van der Waals surface area (Å²) in [5, 5.41) is 8.15. The van der Waals surface area contributed by atoms with Crippen molar-refractivity contribution in [2.24, 2.45) is 0 Å². The maximum atomic E-state index is 4.40. The van der Waals surface area contributed by atoms with Gasteiger partial charge in [-0.1, -0.05) is 18.2 Å². The Bertz CT molecular complexity index is 841. The number of nitrogens with one attached hydrogen (secondary N) is 1. The highest BCUT2D eigenvalue weighted by molar-refractivity contribution is 5.83. The van der Waals surface area contributed by atoms with Crippen molar-refractivity contribution in [3.05, 3.63) is 55.0 Å². The Morgan fingerprint density at radius 2 is 2.06 bits per heavy atom. The Labute approximate surface area is 103 Å². The summed E-state index contributed by atoms with van der Waals surface area (Å²) in [5.74, 6) is 0. The lowest BCUT2D eigenvalue weighted by Crippen LogP contribution is -1.86. The highest BCUT2D eigenvalue weighted by Gasteiger charge is 2.06. The van der Waals surface area contributed by atoms with Crippen molar-refractivity contribution in [3.63, 3.8) is 0 Å². The Morgan fingerprint density at radius 3 is 3.06 bits per heavy atom. The molecule has 0 bridgehead atoms. The molecule has 3 aromatic heterocycles. The van der Waals surface area contributed by atoms with E-state index >= 15 is 0 Å². The minimum absolute atomic E-state index is 0.956. The second kappa shape index (κ2) is 3.43. The Balaban J connectivity index is 2.00. The average molecular weight is 234 g/mol. The molecule has 1 aromatic carbocycles. The van der Waals surface area contributed by atoms with Crippen LogP contribution in [0.3, 0.4) is 0 Å². The Morgan fingerprint density at radius 1 is 1.06 bits per heavy atom. The van der Waals surface area contributed by atoms with Gasteiger partial charge in [0, 0.05) is 17.1 Å². The van der Waals surface area contributed by atoms with Crippen molar-refractivity contribution in [1.82, 2.24) is 19.6 Å². The SMILES string of the molecule is c1ccn2c(-c3ccc4cn[nH]c4c3)cnc2c1. The number of H-pyrrole nitrogens is 1. The van der Waals surface area contributed by atoms with Crippen molar-refractivity contribution >= 4 is 16.6 Å². The number of fused-ring (bicyclic) bond motifs is 2. The first-order valence-corrected chi connectivity index (χ1v) is 5.77. The van der Waals surface area contributed by atoms with Gasteiger partial charge in [-0.2, -0.15) is 5.10 Å². The van der Waals surface area contributed by atoms with Gasteiger partial charge in [0.25, 0.3) is 0 Å². The first-order chi connectivity index (χ1) is 8.92. The van der Waals surface area contributed by atoms with Crippen LogP contribution in [-0.4, -0.2) is 19.6 Å². The molecule has 0 radical (unpaired) electrons. The number of rotatable bonds is 1. The van der Waals surface area contributed by atoms with Gasteiger partial charge < -0.3 is 0 Å². The lowest BCUT2D eigenvalue weighted by molar-refractivity contribution is 1.12. The van der Waals surface area contributed by atoms with Gasteiger partial charge in [-0.05, 0) is 18.2 Å². The van der Waals surface area contributed by atoms with Gasteiger partial charge in [-0.3, -0.25) is 9.50 Å². The highest BCUT2D eigenvalue weighted by Crippen LogP contribution is 2.23. The molecule has 0 atom stereocenters. The predicted octanol–water partition coefficient (Wildman–Crippen LogP) is 2.88. The summed E-state index contributed by atoms with van der Waals surface area (Å²) in [7, 11) is 0. The van der Waals surface area contributed by atoms with E-state index in [0.717, 1.165) is 27.8 Å². The van der Waals surface area contributed by atoms with Gasteiger partial charge in [0.1, 0.15) is 5.65 Å². The molecule has 3 heterocycles. The van der Waals surface area contributed by atoms with E-state index in [9.17, 15) is 0 Å². The third kappa shape index (κ3) is 1.26. The van der Waals surface area contributed by atoms with Crippen LogP contribution in [0.5, 0.6) is 0 Å². The number of benzene rings is 1. The molecule has 0 aliphatic rings. The number of hydrogen-bond acceptors (Lipinski definition) is 2. The summed E-state index contributed by atoms with van der Waals surface area (Å²) in [4.78, 5) is 4.40. The summed E-state index contributed by atoms with van der Waals surface area (Å²) in [6, 6.07) is 12.2. The van der Waals surface area contributed by atoms with Gasteiger partial charge in [0.2, 0.25) is 0 Å². The van der Waals surface area contributed by atoms with Crippen LogP contribution in [-0.2, 0) is 0 Å². The topological polar surface area (TPSA) is 46.0 Å². The maximum Gasteiger partial charge on any atom is 0.137 e. The summed E-state index contributed by atoms with van der Waals surface area (Å²) < 4.78 is 2.08.